The third kappa shape index (κ3) is 3.42. The first-order valence-corrected chi connectivity index (χ1v) is 13.7. The molecule has 0 aliphatic heterocycles. The molecule has 0 fully saturated rings. The van der Waals surface area contributed by atoms with E-state index in [-0.39, 0.29) is 0 Å². The first kappa shape index (κ1) is 22.3. The number of benzene rings is 7. The quantitative estimate of drug-likeness (QED) is 0.197. The van der Waals surface area contributed by atoms with Crippen LogP contribution >= 0.6 is 15.9 Å². The summed E-state index contributed by atoms with van der Waals surface area (Å²) in [7, 11) is 0. The smallest absolute Gasteiger partial charge is 0.0332 e. The zero-order chi connectivity index (χ0) is 24.9. The Bertz CT molecular complexity index is 1850. The summed E-state index contributed by atoms with van der Waals surface area (Å²) < 4.78 is 1.16. The molecule has 0 amide bonds. The predicted octanol–water partition coefficient (Wildman–Crippen LogP) is 11.0. The van der Waals surface area contributed by atoms with E-state index in [1.165, 1.54) is 70.9 Å². The second-order valence-electron chi connectivity index (χ2n) is 9.67. The summed E-state index contributed by atoms with van der Waals surface area (Å²) in [6.07, 6.45) is 1.05. The van der Waals surface area contributed by atoms with E-state index >= 15 is 0 Å². The highest BCUT2D eigenvalue weighted by molar-refractivity contribution is 9.10. The molecule has 7 aromatic rings. The summed E-state index contributed by atoms with van der Waals surface area (Å²) in [5.74, 6) is 0. The summed E-state index contributed by atoms with van der Waals surface area (Å²) in [5, 5.41) is 10.2. The predicted molar refractivity (Wildman–Crippen MR) is 164 cm³/mol. The van der Waals surface area contributed by atoms with Crippen molar-refractivity contribution in [2.45, 2.75) is 13.3 Å². The van der Waals surface area contributed by atoms with Crippen molar-refractivity contribution in [1.29, 1.82) is 0 Å². The van der Waals surface area contributed by atoms with Crippen LogP contribution in [0.5, 0.6) is 0 Å². The van der Waals surface area contributed by atoms with Crippen molar-refractivity contribution in [2.24, 2.45) is 0 Å². The van der Waals surface area contributed by atoms with Gasteiger partial charge >= 0.3 is 0 Å². The molecule has 0 heterocycles. The first-order valence-electron chi connectivity index (χ1n) is 12.9. The van der Waals surface area contributed by atoms with E-state index in [0.717, 1.165) is 10.9 Å². The maximum Gasteiger partial charge on any atom is 0.0332 e. The van der Waals surface area contributed by atoms with E-state index < -0.39 is 0 Å². The standard InChI is InChI=1S/C36H25Br/c1-2-23-19-21-24(22-20-23)33-25-11-3-5-13-27(25)34(28-14-6-4-12-26(28)33)35-29-15-7-9-17-31(29)36(37)32-18-10-8-16-30(32)35/h3-22H,2H2,1H3. The Morgan fingerprint density at radius 3 is 1.11 bits per heavy atom. The van der Waals surface area contributed by atoms with Crippen molar-refractivity contribution in [3.63, 3.8) is 0 Å². The molecule has 0 saturated heterocycles. The highest BCUT2D eigenvalue weighted by atomic mass is 79.9. The van der Waals surface area contributed by atoms with Gasteiger partial charge in [-0.1, -0.05) is 128 Å². The Hall–Kier alpha value is -3.94. The van der Waals surface area contributed by atoms with Crippen molar-refractivity contribution in [3.8, 4) is 22.3 Å². The van der Waals surface area contributed by atoms with Gasteiger partial charge in [-0.05, 0) is 93.3 Å². The third-order valence-corrected chi connectivity index (χ3v) is 8.55. The van der Waals surface area contributed by atoms with Gasteiger partial charge < -0.3 is 0 Å². The fourth-order valence-corrected chi connectivity index (χ4v) is 6.65. The van der Waals surface area contributed by atoms with Crippen molar-refractivity contribution >= 4 is 59.0 Å². The van der Waals surface area contributed by atoms with Gasteiger partial charge in [-0.2, -0.15) is 0 Å². The molecule has 0 atom stereocenters. The Morgan fingerprint density at radius 2 is 0.730 bits per heavy atom. The molecule has 0 aliphatic carbocycles. The maximum atomic E-state index is 3.94. The molecular formula is C36H25Br. The highest BCUT2D eigenvalue weighted by Crippen LogP contribution is 2.49. The average molecular weight is 538 g/mol. The topological polar surface area (TPSA) is 0 Å². The SMILES string of the molecule is CCc1ccc(-c2c3ccccc3c(-c3c4ccccc4c(Br)c4ccccc34)c3ccccc23)cc1. The van der Waals surface area contributed by atoms with Crippen LogP contribution in [0.15, 0.2) is 126 Å². The summed E-state index contributed by atoms with van der Waals surface area (Å²) in [6.45, 7) is 2.21. The van der Waals surface area contributed by atoms with E-state index in [0.29, 0.717) is 0 Å². The fraction of sp³-hybridized carbons (Fsp3) is 0.0556. The van der Waals surface area contributed by atoms with Crippen LogP contribution in [0.4, 0.5) is 0 Å². The van der Waals surface area contributed by atoms with Crippen LogP contribution in [0.1, 0.15) is 12.5 Å². The molecule has 7 rings (SSSR count). The number of rotatable bonds is 3. The van der Waals surface area contributed by atoms with Gasteiger partial charge in [-0.15, -0.1) is 0 Å². The van der Waals surface area contributed by atoms with Gasteiger partial charge in [0.2, 0.25) is 0 Å². The summed E-state index contributed by atoms with van der Waals surface area (Å²) in [4.78, 5) is 0. The summed E-state index contributed by atoms with van der Waals surface area (Å²) >= 11 is 3.94. The Kier molecular flexibility index (Phi) is 5.34. The van der Waals surface area contributed by atoms with Crippen LogP contribution in [0.3, 0.4) is 0 Å². The number of fused-ring (bicyclic) bond motifs is 4. The maximum absolute atomic E-state index is 3.94. The highest BCUT2D eigenvalue weighted by Gasteiger charge is 2.20. The molecule has 0 aliphatic rings. The van der Waals surface area contributed by atoms with Gasteiger partial charge in [-0.3, -0.25) is 0 Å². The lowest BCUT2D eigenvalue weighted by Gasteiger charge is -2.21. The zero-order valence-electron chi connectivity index (χ0n) is 20.6. The van der Waals surface area contributed by atoms with Crippen molar-refractivity contribution in [3.05, 3.63) is 131 Å². The molecule has 1 heteroatoms. The van der Waals surface area contributed by atoms with Crippen molar-refractivity contribution < 1.29 is 0 Å². The molecule has 37 heavy (non-hydrogen) atoms. The molecule has 0 unspecified atom stereocenters. The Balaban J connectivity index is 1.72. The normalized spacial score (nSPS) is 11.6. The Morgan fingerprint density at radius 1 is 0.405 bits per heavy atom. The molecule has 0 bridgehead atoms. The van der Waals surface area contributed by atoms with Crippen LogP contribution in [0.2, 0.25) is 0 Å². The Labute approximate surface area is 225 Å². The number of aryl methyl sites for hydroxylation is 1. The van der Waals surface area contributed by atoms with Gasteiger partial charge in [0, 0.05) is 4.47 Å². The van der Waals surface area contributed by atoms with Gasteiger partial charge in [0.15, 0.2) is 0 Å². The van der Waals surface area contributed by atoms with Crippen LogP contribution in [0.25, 0.3) is 65.3 Å². The van der Waals surface area contributed by atoms with Crippen LogP contribution in [0, 0.1) is 0 Å². The minimum absolute atomic E-state index is 1.05. The van der Waals surface area contributed by atoms with Crippen LogP contribution < -0.4 is 0 Å². The molecule has 0 N–H and O–H groups in total. The minimum atomic E-state index is 1.05. The largest absolute Gasteiger partial charge is 0.0616 e. The molecular weight excluding hydrogens is 512 g/mol. The lowest BCUT2D eigenvalue weighted by Crippen LogP contribution is -1.93. The van der Waals surface area contributed by atoms with Gasteiger partial charge in [0.05, 0.1) is 0 Å². The van der Waals surface area contributed by atoms with Gasteiger partial charge in [0.1, 0.15) is 0 Å². The van der Waals surface area contributed by atoms with E-state index in [2.05, 4.69) is 144 Å². The van der Waals surface area contributed by atoms with Crippen LogP contribution in [-0.4, -0.2) is 0 Å². The van der Waals surface area contributed by atoms with E-state index in [1.807, 2.05) is 0 Å². The van der Waals surface area contributed by atoms with Crippen molar-refractivity contribution in [2.75, 3.05) is 0 Å². The summed E-state index contributed by atoms with van der Waals surface area (Å²) in [6, 6.07) is 44.5. The lowest BCUT2D eigenvalue weighted by atomic mass is 9.83. The third-order valence-electron chi connectivity index (χ3n) is 7.70. The second kappa shape index (κ2) is 8.87. The number of halogens is 1. The fourth-order valence-electron chi connectivity index (χ4n) is 5.96. The van der Waals surface area contributed by atoms with E-state index in [1.54, 1.807) is 0 Å². The molecule has 0 saturated carbocycles. The molecule has 0 aromatic heterocycles. The van der Waals surface area contributed by atoms with Crippen LogP contribution in [-0.2, 0) is 6.42 Å². The molecule has 0 nitrogen and oxygen atoms in total. The molecule has 176 valence electrons. The molecule has 7 aromatic carbocycles. The lowest BCUT2D eigenvalue weighted by molar-refractivity contribution is 1.14. The average Bonchev–Trinajstić information content (AvgIpc) is 2.97. The first-order chi connectivity index (χ1) is 18.3. The minimum Gasteiger partial charge on any atom is -0.0616 e. The zero-order valence-corrected chi connectivity index (χ0v) is 22.2. The van der Waals surface area contributed by atoms with Gasteiger partial charge in [-0.25, -0.2) is 0 Å². The summed E-state index contributed by atoms with van der Waals surface area (Å²) in [5.41, 5.74) is 6.54. The van der Waals surface area contributed by atoms with E-state index in [4.69, 9.17) is 0 Å². The monoisotopic (exact) mass is 536 g/mol. The number of hydrogen-bond donors (Lipinski definition) is 0. The van der Waals surface area contributed by atoms with Crippen molar-refractivity contribution in [1.82, 2.24) is 0 Å². The van der Waals surface area contributed by atoms with Gasteiger partial charge in [0.25, 0.3) is 0 Å². The molecule has 0 radical (unpaired) electrons. The second-order valence-corrected chi connectivity index (χ2v) is 10.5. The van der Waals surface area contributed by atoms with E-state index in [9.17, 15) is 0 Å². The molecule has 0 spiro atoms. The number of hydrogen-bond acceptors (Lipinski definition) is 0.